The van der Waals surface area contributed by atoms with Crippen molar-refractivity contribution in [3.05, 3.63) is 11.6 Å². The average molecular weight is 331 g/mol. The standard InChI is InChI=1S/C21H34OSi/c1-15-13-18-19(20(18,2)3)14-17(15)21(22)11-7-9-16(21)10-8-12-23(4,5)6/h14-16,18-19,22H,7,9-11,13H2,1-6H3/t15-,16+,18+,19-,21+/m1/s1. The Hall–Kier alpha value is -0.523. The Morgan fingerprint density at radius 1 is 1.30 bits per heavy atom. The Kier molecular flexibility index (Phi) is 4.14. The minimum absolute atomic E-state index is 0.346. The van der Waals surface area contributed by atoms with Gasteiger partial charge in [0, 0.05) is 12.3 Å². The van der Waals surface area contributed by atoms with Crippen molar-refractivity contribution >= 4 is 8.07 Å². The molecule has 0 spiro atoms. The van der Waals surface area contributed by atoms with Gasteiger partial charge in [-0.2, -0.15) is 0 Å². The van der Waals surface area contributed by atoms with E-state index < -0.39 is 13.7 Å². The topological polar surface area (TPSA) is 20.2 Å². The molecule has 5 atom stereocenters. The largest absolute Gasteiger partial charge is 0.385 e. The number of hydrogen-bond acceptors (Lipinski definition) is 1. The highest BCUT2D eigenvalue weighted by Gasteiger charge is 2.60. The lowest BCUT2D eigenvalue weighted by atomic mass is 9.73. The van der Waals surface area contributed by atoms with Crippen molar-refractivity contribution in [3.8, 4) is 11.5 Å². The third kappa shape index (κ3) is 3.07. The molecule has 3 aliphatic carbocycles. The maximum absolute atomic E-state index is 11.6. The summed E-state index contributed by atoms with van der Waals surface area (Å²) in [5, 5.41) is 11.6. The van der Waals surface area contributed by atoms with E-state index in [1.54, 1.807) is 0 Å². The lowest BCUT2D eigenvalue weighted by Crippen LogP contribution is -2.39. The van der Waals surface area contributed by atoms with Crippen LogP contribution in [0.25, 0.3) is 0 Å². The van der Waals surface area contributed by atoms with Crippen LogP contribution in [0.15, 0.2) is 11.6 Å². The molecule has 23 heavy (non-hydrogen) atoms. The predicted molar refractivity (Wildman–Crippen MR) is 101 cm³/mol. The van der Waals surface area contributed by atoms with Crippen LogP contribution in [0.5, 0.6) is 0 Å². The first-order valence-corrected chi connectivity index (χ1v) is 13.0. The summed E-state index contributed by atoms with van der Waals surface area (Å²) >= 11 is 0. The zero-order chi connectivity index (χ0) is 17.0. The summed E-state index contributed by atoms with van der Waals surface area (Å²) in [4.78, 5) is 0. The molecule has 2 heteroatoms. The summed E-state index contributed by atoms with van der Waals surface area (Å²) < 4.78 is 0. The van der Waals surface area contributed by atoms with Crippen LogP contribution in [0.2, 0.25) is 19.6 Å². The first-order chi connectivity index (χ1) is 10.6. The van der Waals surface area contributed by atoms with E-state index >= 15 is 0 Å². The molecule has 0 heterocycles. The number of fused-ring (bicyclic) bond motifs is 1. The fourth-order valence-corrected chi connectivity index (χ4v) is 5.79. The Bertz CT molecular complexity index is 571. The van der Waals surface area contributed by atoms with E-state index in [1.165, 1.54) is 12.0 Å². The lowest BCUT2D eigenvalue weighted by molar-refractivity contribution is 0.0292. The monoisotopic (exact) mass is 330 g/mol. The van der Waals surface area contributed by atoms with E-state index in [9.17, 15) is 5.11 Å². The third-order valence-electron chi connectivity index (χ3n) is 6.73. The first-order valence-electron chi connectivity index (χ1n) is 9.50. The molecule has 3 aliphatic rings. The Labute approximate surface area is 144 Å². The van der Waals surface area contributed by atoms with Gasteiger partial charge in [-0.25, -0.2) is 0 Å². The van der Waals surface area contributed by atoms with E-state index in [0.29, 0.717) is 23.2 Å². The van der Waals surface area contributed by atoms with Crippen molar-refractivity contribution in [2.24, 2.45) is 29.1 Å². The minimum atomic E-state index is -1.31. The molecule has 2 saturated carbocycles. The van der Waals surface area contributed by atoms with Crippen LogP contribution in [-0.4, -0.2) is 18.8 Å². The maximum atomic E-state index is 11.6. The summed E-state index contributed by atoms with van der Waals surface area (Å²) in [6.07, 6.45) is 7.85. The second-order valence-corrected chi connectivity index (χ2v) is 14.7. The van der Waals surface area contributed by atoms with Crippen LogP contribution in [0.3, 0.4) is 0 Å². The number of aliphatic hydroxyl groups is 1. The number of allylic oxidation sites excluding steroid dienone is 1. The molecule has 0 aromatic carbocycles. The number of rotatable bonds is 2. The van der Waals surface area contributed by atoms with Crippen LogP contribution >= 0.6 is 0 Å². The smallest absolute Gasteiger partial charge is 0.129 e. The van der Waals surface area contributed by atoms with E-state index in [4.69, 9.17) is 0 Å². The summed E-state index contributed by atoms with van der Waals surface area (Å²) in [6, 6.07) is 0. The fraction of sp³-hybridized carbons (Fsp3) is 0.810. The molecule has 1 nitrogen and oxygen atoms in total. The van der Waals surface area contributed by atoms with Crippen molar-refractivity contribution in [1.29, 1.82) is 0 Å². The fourth-order valence-electron chi connectivity index (χ4n) is 5.16. The third-order valence-corrected chi connectivity index (χ3v) is 7.66. The minimum Gasteiger partial charge on any atom is -0.385 e. The highest BCUT2D eigenvalue weighted by Crippen LogP contribution is 2.66. The van der Waals surface area contributed by atoms with Gasteiger partial charge in [0.25, 0.3) is 0 Å². The van der Waals surface area contributed by atoms with Crippen LogP contribution < -0.4 is 0 Å². The van der Waals surface area contributed by atoms with Gasteiger partial charge in [-0.3, -0.25) is 0 Å². The van der Waals surface area contributed by atoms with Gasteiger partial charge in [-0.1, -0.05) is 46.5 Å². The van der Waals surface area contributed by atoms with Crippen molar-refractivity contribution in [2.75, 3.05) is 0 Å². The van der Waals surface area contributed by atoms with Crippen molar-refractivity contribution in [2.45, 2.75) is 78.1 Å². The van der Waals surface area contributed by atoms with Gasteiger partial charge in [0.2, 0.25) is 0 Å². The zero-order valence-corrected chi connectivity index (χ0v) is 16.9. The maximum Gasteiger partial charge on any atom is 0.129 e. The molecule has 0 bridgehead atoms. The summed E-state index contributed by atoms with van der Waals surface area (Å²) in [5.74, 6) is 5.87. The van der Waals surface area contributed by atoms with Crippen molar-refractivity contribution in [1.82, 2.24) is 0 Å². The molecule has 0 unspecified atom stereocenters. The molecule has 0 aromatic rings. The molecular weight excluding hydrogens is 296 g/mol. The van der Waals surface area contributed by atoms with Crippen molar-refractivity contribution < 1.29 is 5.11 Å². The zero-order valence-electron chi connectivity index (χ0n) is 15.9. The highest BCUT2D eigenvalue weighted by molar-refractivity contribution is 6.83. The normalized spacial score (nSPS) is 41.6. The molecule has 128 valence electrons. The second kappa shape index (κ2) is 5.50. The van der Waals surface area contributed by atoms with Gasteiger partial charge in [-0.05, 0) is 54.4 Å². The molecule has 0 aliphatic heterocycles. The van der Waals surface area contributed by atoms with E-state index in [0.717, 1.165) is 31.6 Å². The molecule has 0 saturated heterocycles. The van der Waals surface area contributed by atoms with Crippen LogP contribution in [0.1, 0.15) is 52.9 Å². The van der Waals surface area contributed by atoms with Gasteiger partial charge in [-0.15, -0.1) is 11.5 Å². The predicted octanol–water partition coefficient (Wildman–Crippen LogP) is 5.03. The molecule has 3 rings (SSSR count). The van der Waals surface area contributed by atoms with Gasteiger partial charge in [0.15, 0.2) is 0 Å². The molecule has 0 aromatic heterocycles. The average Bonchev–Trinajstić information content (AvgIpc) is 2.76. The molecule has 2 fully saturated rings. The van der Waals surface area contributed by atoms with Gasteiger partial charge >= 0.3 is 0 Å². The quantitative estimate of drug-likeness (QED) is 0.428. The van der Waals surface area contributed by atoms with Gasteiger partial charge in [0.05, 0.1) is 5.60 Å². The van der Waals surface area contributed by atoms with Gasteiger partial charge < -0.3 is 5.11 Å². The highest BCUT2D eigenvalue weighted by atomic mass is 28.3. The SMILES string of the molecule is C[C@@H]1C[C@H]2[C@@H](C=C1[C@]1(O)CCC[C@H]1CC#C[Si](C)(C)C)C2(C)C. The lowest BCUT2D eigenvalue weighted by Gasteiger charge is -2.37. The van der Waals surface area contributed by atoms with Crippen LogP contribution in [0, 0.1) is 40.6 Å². The first kappa shape index (κ1) is 17.3. The molecular formula is C21H34OSi. The van der Waals surface area contributed by atoms with E-state index in [1.807, 2.05) is 0 Å². The number of hydrogen-bond donors (Lipinski definition) is 1. The Morgan fingerprint density at radius 3 is 2.65 bits per heavy atom. The van der Waals surface area contributed by atoms with Crippen LogP contribution in [-0.2, 0) is 0 Å². The second-order valence-electron chi connectivity index (χ2n) is 9.98. The Balaban J connectivity index is 1.80. The summed E-state index contributed by atoms with van der Waals surface area (Å²) in [6.45, 7) is 14.0. The molecule has 0 amide bonds. The summed E-state index contributed by atoms with van der Waals surface area (Å²) in [7, 11) is -1.31. The van der Waals surface area contributed by atoms with E-state index in [2.05, 4.69) is 58.0 Å². The Morgan fingerprint density at radius 2 is 2.00 bits per heavy atom. The summed E-state index contributed by atoms with van der Waals surface area (Å²) in [5.41, 5.74) is 4.74. The van der Waals surface area contributed by atoms with E-state index in [-0.39, 0.29) is 0 Å². The molecule has 0 radical (unpaired) electrons. The van der Waals surface area contributed by atoms with Crippen LogP contribution in [0.4, 0.5) is 0 Å². The molecule has 1 N–H and O–H groups in total. The van der Waals surface area contributed by atoms with Crippen molar-refractivity contribution in [3.63, 3.8) is 0 Å². The van der Waals surface area contributed by atoms with Gasteiger partial charge in [0.1, 0.15) is 8.07 Å².